The number of hydrogen-bond acceptors (Lipinski definition) is 5. The van der Waals surface area contributed by atoms with Crippen LogP contribution >= 0.6 is 0 Å². The van der Waals surface area contributed by atoms with E-state index in [9.17, 15) is 5.11 Å². The third kappa shape index (κ3) is 4.92. The molecule has 1 aliphatic heterocycles. The van der Waals surface area contributed by atoms with Gasteiger partial charge in [0.2, 0.25) is 0 Å². The van der Waals surface area contributed by atoms with E-state index < -0.39 is 5.60 Å². The molecule has 1 spiro atoms. The van der Waals surface area contributed by atoms with E-state index in [0.717, 1.165) is 74.1 Å². The van der Waals surface area contributed by atoms with E-state index in [1.807, 2.05) is 24.3 Å². The van der Waals surface area contributed by atoms with Gasteiger partial charge in [-0.1, -0.05) is 72.8 Å². The summed E-state index contributed by atoms with van der Waals surface area (Å²) in [6, 6.07) is 34.1. The highest BCUT2D eigenvalue weighted by atomic mass is 16.7. The average Bonchev–Trinajstić information content (AvgIpc) is 3.47. The van der Waals surface area contributed by atoms with Crippen molar-refractivity contribution in [1.29, 1.82) is 0 Å². The zero-order valence-corrected chi connectivity index (χ0v) is 25.9. The second-order valence-corrected chi connectivity index (χ2v) is 12.8. The first kappa shape index (κ1) is 29.1. The Morgan fingerprint density at radius 2 is 1.45 bits per heavy atom. The van der Waals surface area contributed by atoms with E-state index in [1.54, 1.807) is 14.2 Å². The molecule has 1 heterocycles. The van der Waals surface area contributed by atoms with Gasteiger partial charge in [-0.05, 0) is 96.2 Å². The molecular weight excluding hydrogens is 546 g/mol. The molecule has 5 nitrogen and oxygen atoms in total. The van der Waals surface area contributed by atoms with Crippen molar-refractivity contribution < 1.29 is 19.3 Å². The summed E-state index contributed by atoms with van der Waals surface area (Å²) in [6.07, 6.45) is 5.64. The molecule has 5 heteroatoms. The topological polar surface area (TPSA) is 51.2 Å². The van der Waals surface area contributed by atoms with Gasteiger partial charge in [0.1, 0.15) is 18.0 Å². The van der Waals surface area contributed by atoms with Gasteiger partial charge in [0.05, 0.1) is 0 Å². The van der Waals surface area contributed by atoms with Crippen molar-refractivity contribution in [3.05, 3.63) is 130 Å². The van der Waals surface area contributed by atoms with Crippen LogP contribution in [0, 0.1) is 5.92 Å². The summed E-state index contributed by atoms with van der Waals surface area (Å²) in [7, 11) is 3.45. The Bertz CT molecular complexity index is 1580. The Hall–Kier alpha value is -3.64. The fourth-order valence-corrected chi connectivity index (χ4v) is 8.33. The third-order valence-electron chi connectivity index (χ3n) is 10.6. The van der Waals surface area contributed by atoms with Crippen molar-refractivity contribution in [2.75, 3.05) is 32.2 Å². The van der Waals surface area contributed by atoms with Crippen LogP contribution in [-0.2, 0) is 39.9 Å². The normalized spacial score (nSPS) is 23.1. The lowest BCUT2D eigenvalue weighted by atomic mass is 9.56. The predicted octanol–water partition coefficient (Wildman–Crippen LogP) is 7.17. The first-order chi connectivity index (χ1) is 21.6. The molecule has 1 N–H and O–H groups in total. The Morgan fingerprint density at radius 1 is 0.773 bits per heavy atom. The van der Waals surface area contributed by atoms with Gasteiger partial charge in [-0.25, -0.2) is 0 Å². The Morgan fingerprint density at radius 3 is 2.18 bits per heavy atom. The molecule has 0 aromatic heterocycles. The number of hydrogen-bond donors (Lipinski definition) is 1. The van der Waals surface area contributed by atoms with Crippen LogP contribution in [0.5, 0.6) is 5.75 Å². The number of fused-ring (bicyclic) bond motifs is 3. The summed E-state index contributed by atoms with van der Waals surface area (Å²) in [5.41, 5.74) is 6.62. The molecule has 0 saturated carbocycles. The lowest BCUT2D eigenvalue weighted by molar-refractivity contribution is -0.141. The fourth-order valence-electron chi connectivity index (χ4n) is 8.33. The molecule has 4 aromatic rings. The summed E-state index contributed by atoms with van der Waals surface area (Å²) < 4.78 is 17.3. The maximum Gasteiger partial charge on any atom is 0.159 e. The number of piperidine rings is 1. The molecule has 1 fully saturated rings. The molecule has 0 radical (unpaired) electrons. The van der Waals surface area contributed by atoms with Crippen LogP contribution in [0.1, 0.15) is 59.1 Å². The fraction of sp³-hybridized carbons (Fsp3) is 0.385. The molecule has 1 saturated heterocycles. The Labute approximate surface area is 261 Å². The molecule has 0 amide bonds. The highest BCUT2D eigenvalue weighted by molar-refractivity contribution is 5.58. The van der Waals surface area contributed by atoms with Crippen LogP contribution in [0.3, 0.4) is 0 Å². The standard InChI is InChI=1S/C39H43NO4/c1-42-37(43-2)30-20-24-40(25-21-30)33-14-12-32(13-15-33)39(41)36-17-16-34(44-27-28-8-4-3-5-9-28)26-31(36)19-23-38(39)22-18-29-10-6-7-11-35(29)38/h3-17,26,30,37,41H,18-25,27H2,1-2H3. The average molecular weight is 590 g/mol. The minimum Gasteiger partial charge on any atom is -0.489 e. The maximum absolute atomic E-state index is 13.3. The number of aliphatic hydroxyl groups is 1. The number of ether oxygens (including phenoxy) is 3. The SMILES string of the molecule is COC(OC)C1CCN(c2ccc(C3(O)c4ccc(OCc5ccccc5)cc4CCC34CCc3ccccc34)cc2)CC1. The second-order valence-electron chi connectivity index (χ2n) is 12.8. The van der Waals surface area contributed by atoms with Crippen LogP contribution in [0.2, 0.25) is 0 Å². The van der Waals surface area contributed by atoms with E-state index in [1.165, 1.54) is 22.4 Å². The van der Waals surface area contributed by atoms with E-state index in [2.05, 4.69) is 77.7 Å². The summed E-state index contributed by atoms with van der Waals surface area (Å²) in [6.45, 7) is 2.45. The molecule has 3 aliphatic rings. The van der Waals surface area contributed by atoms with E-state index >= 15 is 0 Å². The smallest absolute Gasteiger partial charge is 0.159 e. The van der Waals surface area contributed by atoms with Gasteiger partial charge < -0.3 is 24.2 Å². The highest BCUT2D eigenvalue weighted by Gasteiger charge is 2.58. The first-order valence-electron chi connectivity index (χ1n) is 16.1. The monoisotopic (exact) mass is 589 g/mol. The zero-order chi connectivity index (χ0) is 30.1. The quantitative estimate of drug-likeness (QED) is 0.221. The van der Waals surface area contributed by atoms with E-state index in [4.69, 9.17) is 14.2 Å². The Balaban J connectivity index is 1.21. The minimum absolute atomic E-state index is 0.144. The van der Waals surface area contributed by atoms with Crippen LogP contribution in [-0.4, -0.2) is 38.7 Å². The van der Waals surface area contributed by atoms with Crippen molar-refractivity contribution in [2.45, 2.75) is 62.4 Å². The molecule has 2 atom stereocenters. The van der Waals surface area contributed by atoms with Gasteiger partial charge in [-0.15, -0.1) is 0 Å². The zero-order valence-electron chi connectivity index (χ0n) is 25.9. The van der Waals surface area contributed by atoms with Crippen molar-refractivity contribution in [3.8, 4) is 5.75 Å². The number of nitrogens with zero attached hydrogens (tertiary/aromatic N) is 1. The summed E-state index contributed by atoms with van der Waals surface area (Å²) in [5, 5.41) is 13.3. The van der Waals surface area contributed by atoms with Crippen LogP contribution < -0.4 is 9.64 Å². The molecule has 2 unspecified atom stereocenters. The largest absolute Gasteiger partial charge is 0.489 e. The number of aryl methyl sites for hydroxylation is 2. The van der Waals surface area contributed by atoms with Crippen molar-refractivity contribution in [3.63, 3.8) is 0 Å². The third-order valence-corrected chi connectivity index (χ3v) is 10.6. The number of rotatable bonds is 8. The van der Waals surface area contributed by atoms with Gasteiger partial charge in [0.25, 0.3) is 0 Å². The maximum atomic E-state index is 13.3. The van der Waals surface area contributed by atoms with Gasteiger partial charge in [-0.3, -0.25) is 0 Å². The number of methoxy groups -OCH3 is 2. The van der Waals surface area contributed by atoms with Crippen LogP contribution in [0.15, 0.2) is 97.1 Å². The molecule has 44 heavy (non-hydrogen) atoms. The van der Waals surface area contributed by atoms with Crippen LogP contribution in [0.25, 0.3) is 0 Å². The van der Waals surface area contributed by atoms with Gasteiger partial charge in [0.15, 0.2) is 6.29 Å². The summed E-state index contributed by atoms with van der Waals surface area (Å²) in [5.74, 6) is 1.25. The van der Waals surface area contributed by atoms with E-state index in [0.29, 0.717) is 12.5 Å². The summed E-state index contributed by atoms with van der Waals surface area (Å²) >= 11 is 0. The molecule has 4 aromatic carbocycles. The highest BCUT2D eigenvalue weighted by Crippen LogP contribution is 2.59. The van der Waals surface area contributed by atoms with Gasteiger partial charge in [0, 0.05) is 44.3 Å². The first-order valence-corrected chi connectivity index (χ1v) is 16.1. The predicted molar refractivity (Wildman–Crippen MR) is 174 cm³/mol. The van der Waals surface area contributed by atoms with Crippen molar-refractivity contribution in [2.24, 2.45) is 5.92 Å². The Kier molecular flexibility index (Phi) is 7.96. The molecule has 228 valence electrons. The van der Waals surface area contributed by atoms with Crippen LogP contribution in [0.4, 0.5) is 5.69 Å². The lowest BCUT2D eigenvalue weighted by Gasteiger charge is -2.51. The number of anilines is 1. The summed E-state index contributed by atoms with van der Waals surface area (Å²) in [4.78, 5) is 2.44. The molecular formula is C39H43NO4. The van der Waals surface area contributed by atoms with Gasteiger partial charge in [-0.2, -0.15) is 0 Å². The lowest BCUT2D eigenvalue weighted by Crippen LogP contribution is -2.52. The minimum atomic E-state index is -1.15. The van der Waals surface area contributed by atoms with E-state index in [-0.39, 0.29) is 11.7 Å². The van der Waals surface area contributed by atoms with Crippen molar-refractivity contribution >= 4 is 5.69 Å². The molecule has 0 bridgehead atoms. The molecule has 2 aliphatic carbocycles. The van der Waals surface area contributed by atoms with Gasteiger partial charge >= 0.3 is 0 Å². The molecule has 7 rings (SSSR count). The number of benzene rings is 4. The second kappa shape index (κ2) is 12.0. The van der Waals surface area contributed by atoms with Crippen molar-refractivity contribution in [1.82, 2.24) is 0 Å².